The Balaban J connectivity index is 0.000000166. The largest absolute Gasteiger partial charge is 0.512 e. The van der Waals surface area contributed by atoms with Crippen molar-refractivity contribution < 1.29 is 68.8 Å². The van der Waals surface area contributed by atoms with Gasteiger partial charge in [0.25, 0.3) is 0 Å². The first-order chi connectivity index (χ1) is 37.4. The second kappa shape index (κ2) is 25.7. The third-order valence-corrected chi connectivity index (χ3v) is 15.0. The van der Waals surface area contributed by atoms with E-state index in [2.05, 4.69) is 146 Å². The van der Waals surface area contributed by atoms with Gasteiger partial charge in [0.2, 0.25) is 0 Å². The van der Waals surface area contributed by atoms with Crippen LogP contribution in [0.15, 0.2) is 221 Å². The van der Waals surface area contributed by atoms with Crippen LogP contribution >= 0.6 is 22.7 Å². The number of carbonyl (C=O) groups is 2. The molecule has 0 saturated heterocycles. The van der Waals surface area contributed by atoms with Gasteiger partial charge in [-0.3, -0.25) is 9.59 Å². The summed E-state index contributed by atoms with van der Waals surface area (Å²) in [5.41, 5.74) is 13.2. The number of ketones is 2. The zero-order chi connectivity index (χ0) is 53.6. The average Bonchev–Trinajstić information content (AvgIpc) is 4.27. The summed E-state index contributed by atoms with van der Waals surface area (Å²) in [6, 6.07) is 67.2. The average molecular weight is 1430 g/mol. The predicted molar refractivity (Wildman–Crippen MR) is 318 cm³/mol. The summed E-state index contributed by atoms with van der Waals surface area (Å²) < 4.78 is 14.8. The van der Waals surface area contributed by atoms with Crippen LogP contribution in [0, 0.1) is 19.1 Å². The maximum atomic E-state index is 10.0. The van der Waals surface area contributed by atoms with Crippen molar-refractivity contribution in [1.29, 1.82) is 0 Å². The number of pyridine rings is 2. The van der Waals surface area contributed by atoms with Crippen molar-refractivity contribution in [2.24, 2.45) is 0 Å². The van der Waals surface area contributed by atoms with E-state index in [0.29, 0.717) is 0 Å². The molecule has 79 heavy (non-hydrogen) atoms. The topological polar surface area (TPSA) is 127 Å². The van der Waals surface area contributed by atoms with E-state index in [1.54, 1.807) is 22.7 Å². The first-order valence-corrected chi connectivity index (χ1v) is 26.4. The molecule has 0 bridgehead atoms. The van der Waals surface area contributed by atoms with Crippen LogP contribution < -0.4 is 0 Å². The summed E-state index contributed by atoms with van der Waals surface area (Å²) in [4.78, 5) is 32.2. The molecule has 6 heterocycles. The van der Waals surface area contributed by atoms with Crippen LogP contribution in [0.1, 0.15) is 33.3 Å². The van der Waals surface area contributed by atoms with Gasteiger partial charge in [-0.2, -0.15) is 0 Å². The number of benzene rings is 7. The fourth-order valence-electron chi connectivity index (χ4n) is 9.30. The zero-order valence-electron chi connectivity index (χ0n) is 43.5. The molecule has 7 aromatic carbocycles. The number of para-hydroxylation sites is 2. The molecule has 0 atom stereocenters. The Kier molecular flexibility index (Phi) is 18.6. The van der Waals surface area contributed by atoms with E-state index >= 15 is 0 Å². The number of allylic oxidation sites excluding steroid dienone is 4. The minimum atomic E-state index is -0.125. The SMILES string of the molecule is CC(=O)C=C(C)O.CC(=O)C=C(C)O.Cc1c(-c2ccccc2)sc2cnc(-c3[c-]ccc4c3oc3ccccc34)cc12.[Ir].[Ir].[c-]1ccc2c(oc3ccccc32)c1-c1cc2c(-c3ccccc3)c(-c3ccccc3)sc2cn1. The summed E-state index contributed by atoms with van der Waals surface area (Å²) in [7, 11) is 0. The van der Waals surface area contributed by atoms with Crippen LogP contribution in [0.3, 0.4) is 0 Å². The van der Waals surface area contributed by atoms with Gasteiger partial charge >= 0.3 is 0 Å². The monoisotopic (exact) mass is 1430 g/mol. The molecule has 396 valence electrons. The van der Waals surface area contributed by atoms with Crippen LogP contribution in [-0.4, -0.2) is 31.7 Å². The van der Waals surface area contributed by atoms with E-state index in [1.807, 2.05) is 60.9 Å². The first-order valence-electron chi connectivity index (χ1n) is 24.8. The van der Waals surface area contributed by atoms with Crippen LogP contribution in [0.25, 0.3) is 119 Å². The normalized spacial score (nSPS) is 11.3. The van der Waals surface area contributed by atoms with Gasteiger partial charge in [-0.05, 0) is 91.2 Å². The Morgan fingerprint density at radius 2 is 0.873 bits per heavy atom. The van der Waals surface area contributed by atoms with Crippen molar-refractivity contribution in [3.05, 3.63) is 230 Å². The number of thiophene rings is 2. The maximum absolute atomic E-state index is 10.0. The molecule has 2 radical (unpaired) electrons. The van der Waals surface area contributed by atoms with Crippen molar-refractivity contribution >= 4 is 98.3 Å². The fraction of sp³-hybridized carbons (Fsp3) is 0.0746. The van der Waals surface area contributed by atoms with Gasteiger partial charge in [0.1, 0.15) is 11.2 Å². The third-order valence-electron chi connectivity index (χ3n) is 12.5. The molecule has 0 saturated carbocycles. The Hall–Kier alpha value is -7.92. The Labute approximate surface area is 492 Å². The van der Waals surface area contributed by atoms with Crippen LogP contribution in [-0.2, 0) is 49.8 Å². The van der Waals surface area contributed by atoms with E-state index in [1.165, 1.54) is 97.6 Å². The minimum absolute atomic E-state index is 0. The second-order valence-electron chi connectivity index (χ2n) is 18.3. The standard InChI is InChI=1S/C31H18NOS.C26H16NOS.2C5H8O2.2Ir/c1-3-10-20(11-4-1)29-25-18-26(32-19-28(25)34-31(29)21-12-5-2-6-13-21)24-16-9-15-23-22-14-7-8-17-27(22)33-30(23)24;1-16-21-14-22(27-15-24(21)29-26(16)17-8-3-2-4-9-17)20-12-7-11-19-18-10-5-6-13-23(18)28-25(19)20;2*1-4(6)3-5(2)7;;/h1-15,17-19H;2-11,13-15H,1H3;2*3,6H,1-2H3;;/q2*-1;;;;. The van der Waals surface area contributed by atoms with Crippen molar-refractivity contribution in [1.82, 2.24) is 9.97 Å². The van der Waals surface area contributed by atoms with E-state index in [0.717, 1.165) is 66.4 Å². The number of furan rings is 2. The Morgan fingerprint density at radius 1 is 0.481 bits per heavy atom. The summed E-state index contributed by atoms with van der Waals surface area (Å²) in [6.45, 7) is 7.89. The van der Waals surface area contributed by atoms with E-state index in [-0.39, 0.29) is 63.3 Å². The first kappa shape index (κ1) is 57.3. The number of aromatic nitrogens is 2. The number of carbonyl (C=O) groups excluding carboxylic acids is 2. The molecule has 0 aliphatic carbocycles. The Morgan fingerprint density at radius 3 is 1.32 bits per heavy atom. The van der Waals surface area contributed by atoms with E-state index in [9.17, 15) is 9.59 Å². The molecule has 0 unspecified atom stereocenters. The molecule has 0 spiro atoms. The van der Waals surface area contributed by atoms with Gasteiger partial charge in [-0.1, -0.05) is 161 Å². The van der Waals surface area contributed by atoms with Crippen molar-refractivity contribution in [3.8, 4) is 54.5 Å². The summed E-state index contributed by atoms with van der Waals surface area (Å²) in [5.74, 6) is -0.125. The zero-order valence-corrected chi connectivity index (χ0v) is 49.9. The molecule has 0 aliphatic heterocycles. The Bertz CT molecular complexity index is 4310. The van der Waals surface area contributed by atoms with Gasteiger partial charge in [0.05, 0.1) is 32.1 Å². The molecule has 13 rings (SSSR count). The molecule has 8 nitrogen and oxygen atoms in total. The smallest absolute Gasteiger partial charge is 0.155 e. The molecule has 6 aromatic heterocycles. The summed E-state index contributed by atoms with van der Waals surface area (Å²) >= 11 is 3.58. The maximum Gasteiger partial charge on any atom is 0.155 e. The van der Waals surface area contributed by atoms with Crippen molar-refractivity contribution in [2.75, 3.05) is 0 Å². The molecule has 12 heteroatoms. The molecular weight excluding hydrogens is 1380 g/mol. The van der Waals surface area contributed by atoms with Crippen molar-refractivity contribution in [3.63, 3.8) is 0 Å². The van der Waals surface area contributed by atoms with Gasteiger partial charge in [-0.25, -0.2) is 0 Å². The number of hydrogen-bond acceptors (Lipinski definition) is 10. The van der Waals surface area contributed by atoms with Gasteiger partial charge in [0.15, 0.2) is 11.6 Å². The molecular formula is C67H50Ir2N2O6S2-2. The number of aliphatic hydroxyl groups excluding tert-OH is 2. The van der Waals surface area contributed by atoms with Gasteiger partial charge in [-0.15, -0.1) is 59.1 Å². The van der Waals surface area contributed by atoms with Crippen LogP contribution in [0.2, 0.25) is 0 Å². The number of fused-ring (bicyclic) bond motifs is 8. The van der Waals surface area contributed by atoms with Crippen molar-refractivity contribution in [2.45, 2.75) is 34.6 Å². The van der Waals surface area contributed by atoms with Crippen LogP contribution in [0.4, 0.5) is 0 Å². The summed E-state index contributed by atoms with van der Waals surface area (Å²) in [6.07, 6.45) is 6.30. The third kappa shape index (κ3) is 12.7. The van der Waals surface area contributed by atoms with Gasteiger partial charge in [0, 0.05) is 90.8 Å². The number of aliphatic hydroxyl groups is 2. The number of aryl methyl sites for hydroxylation is 1. The number of hydrogen-bond donors (Lipinski definition) is 2. The van der Waals surface area contributed by atoms with E-state index < -0.39 is 0 Å². The number of nitrogens with zero attached hydrogens (tertiary/aromatic N) is 2. The minimum Gasteiger partial charge on any atom is -0.512 e. The quantitative estimate of drug-likeness (QED) is 0.0918. The fourth-order valence-corrected chi connectivity index (χ4v) is 11.6. The summed E-state index contributed by atoms with van der Waals surface area (Å²) in [5, 5.41) is 23.6. The molecule has 0 amide bonds. The second-order valence-corrected chi connectivity index (χ2v) is 20.4. The molecule has 0 fully saturated rings. The predicted octanol–water partition coefficient (Wildman–Crippen LogP) is 18.7. The molecule has 0 aliphatic rings. The van der Waals surface area contributed by atoms with E-state index in [4.69, 9.17) is 29.0 Å². The number of rotatable bonds is 7. The molecule has 2 N–H and O–H groups in total. The van der Waals surface area contributed by atoms with Gasteiger partial charge < -0.3 is 29.0 Å². The molecule has 13 aromatic rings. The van der Waals surface area contributed by atoms with Crippen LogP contribution in [0.5, 0.6) is 0 Å².